The Bertz CT molecular complexity index is 2890. The third-order valence-corrected chi connectivity index (χ3v) is 10.2. The van der Waals surface area contributed by atoms with E-state index in [9.17, 15) is 0 Å². The van der Waals surface area contributed by atoms with E-state index in [4.69, 9.17) is 0 Å². The van der Waals surface area contributed by atoms with Crippen LogP contribution in [0.4, 0.5) is 0 Å². The number of rotatable bonds is 3. The lowest BCUT2D eigenvalue weighted by Crippen LogP contribution is -1.89. The molecule has 0 heteroatoms. The topological polar surface area (TPSA) is 0 Å². The Morgan fingerprint density at radius 2 is 0.625 bits per heavy atom. The molecule has 0 spiro atoms. The standard InChI is InChI=1S/C48H30/c1-2-11-32-26-35(21-20-31(32)10-1)33-12-9-13-34(27-33)36-22-23-38-29-39(25-24-37(38)28-36)46-30-47-42-16-4-3-14-40(42)41-15-5-7-18-44(41)48(47)45-19-8-6-17-43(45)46/h1-30H. The van der Waals surface area contributed by atoms with Crippen LogP contribution in [0.15, 0.2) is 182 Å². The van der Waals surface area contributed by atoms with Crippen LogP contribution in [-0.4, -0.2) is 0 Å². The van der Waals surface area contributed by atoms with E-state index in [2.05, 4.69) is 182 Å². The lowest BCUT2D eigenvalue weighted by molar-refractivity contribution is 1.61. The van der Waals surface area contributed by atoms with Crippen LogP contribution >= 0.6 is 0 Å². The van der Waals surface area contributed by atoms with Gasteiger partial charge < -0.3 is 0 Å². The van der Waals surface area contributed by atoms with Gasteiger partial charge in [-0.15, -0.1) is 0 Å². The Hall–Kier alpha value is -6.24. The summed E-state index contributed by atoms with van der Waals surface area (Å²) in [4.78, 5) is 0. The monoisotopic (exact) mass is 606 g/mol. The van der Waals surface area contributed by atoms with Gasteiger partial charge in [0.15, 0.2) is 0 Å². The van der Waals surface area contributed by atoms with Gasteiger partial charge in [-0.05, 0) is 128 Å². The van der Waals surface area contributed by atoms with Crippen LogP contribution < -0.4 is 0 Å². The largest absolute Gasteiger partial charge is 0.0616 e. The van der Waals surface area contributed by atoms with Crippen LogP contribution in [-0.2, 0) is 0 Å². The molecule has 0 bridgehead atoms. The van der Waals surface area contributed by atoms with Gasteiger partial charge in [-0.2, -0.15) is 0 Å². The molecule has 0 N–H and O–H groups in total. The minimum Gasteiger partial charge on any atom is -0.0616 e. The summed E-state index contributed by atoms with van der Waals surface area (Å²) in [6.45, 7) is 0. The Morgan fingerprint density at radius 3 is 1.29 bits per heavy atom. The minimum absolute atomic E-state index is 1.23. The molecule has 10 aromatic rings. The Kier molecular flexibility index (Phi) is 5.98. The first-order valence-electron chi connectivity index (χ1n) is 16.7. The minimum atomic E-state index is 1.23. The molecule has 0 atom stereocenters. The van der Waals surface area contributed by atoms with Crippen molar-refractivity contribution in [2.24, 2.45) is 0 Å². The Balaban J connectivity index is 1.11. The average Bonchev–Trinajstić information content (AvgIpc) is 3.17. The van der Waals surface area contributed by atoms with E-state index in [1.807, 2.05) is 0 Å². The first-order valence-corrected chi connectivity index (χ1v) is 16.7. The fourth-order valence-corrected chi connectivity index (χ4v) is 7.85. The predicted octanol–water partition coefficient (Wildman–Crippen LogP) is 13.6. The summed E-state index contributed by atoms with van der Waals surface area (Å²) >= 11 is 0. The van der Waals surface area contributed by atoms with E-state index in [1.54, 1.807) is 0 Å². The van der Waals surface area contributed by atoms with Crippen molar-refractivity contribution in [3.8, 4) is 33.4 Å². The zero-order valence-corrected chi connectivity index (χ0v) is 26.3. The first kappa shape index (κ1) is 26.9. The Labute approximate surface area is 279 Å². The second-order valence-corrected chi connectivity index (χ2v) is 12.9. The molecule has 0 aliphatic carbocycles. The van der Waals surface area contributed by atoms with Crippen molar-refractivity contribution >= 4 is 64.6 Å². The highest BCUT2D eigenvalue weighted by atomic mass is 14.2. The summed E-state index contributed by atoms with van der Waals surface area (Å²) in [5.41, 5.74) is 7.44. The maximum Gasteiger partial charge on any atom is -0.00199 e. The van der Waals surface area contributed by atoms with Gasteiger partial charge >= 0.3 is 0 Å². The van der Waals surface area contributed by atoms with Crippen LogP contribution in [0.2, 0.25) is 0 Å². The summed E-state index contributed by atoms with van der Waals surface area (Å²) in [6, 6.07) is 67.1. The smallest absolute Gasteiger partial charge is 0.00199 e. The van der Waals surface area contributed by atoms with Gasteiger partial charge in [0, 0.05) is 0 Å². The molecule has 0 aliphatic rings. The molecule has 0 radical (unpaired) electrons. The number of hydrogen-bond acceptors (Lipinski definition) is 0. The summed E-state index contributed by atoms with van der Waals surface area (Å²) in [5, 5.41) is 15.5. The maximum absolute atomic E-state index is 2.43. The lowest BCUT2D eigenvalue weighted by atomic mass is 9.87. The molecule has 222 valence electrons. The van der Waals surface area contributed by atoms with Gasteiger partial charge in [-0.3, -0.25) is 0 Å². The zero-order chi connectivity index (χ0) is 31.6. The van der Waals surface area contributed by atoms with Crippen LogP contribution in [0.25, 0.3) is 98.0 Å². The van der Waals surface area contributed by atoms with Crippen molar-refractivity contribution in [1.29, 1.82) is 0 Å². The van der Waals surface area contributed by atoms with Gasteiger partial charge in [0.25, 0.3) is 0 Å². The second-order valence-electron chi connectivity index (χ2n) is 12.9. The van der Waals surface area contributed by atoms with Gasteiger partial charge in [0.2, 0.25) is 0 Å². The van der Waals surface area contributed by atoms with Crippen molar-refractivity contribution < 1.29 is 0 Å². The maximum atomic E-state index is 2.43. The first-order chi connectivity index (χ1) is 23.8. The fraction of sp³-hybridized carbons (Fsp3) is 0. The van der Waals surface area contributed by atoms with E-state index in [1.165, 1.54) is 98.0 Å². The van der Waals surface area contributed by atoms with E-state index in [0.717, 1.165) is 0 Å². The van der Waals surface area contributed by atoms with E-state index in [-0.39, 0.29) is 0 Å². The van der Waals surface area contributed by atoms with Crippen LogP contribution in [0.3, 0.4) is 0 Å². The van der Waals surface area contributed by atoms with Crippen LogP contribution in [0.5, 0.6) is 0 Å². The normalized spacial score (nSPS) is 11.8. The van der Waals surface area contributed by atoms with Crippen molar-refractivity contribution in [3.63, 3.8) is 0 Å². The van der Waals surface area contributed by atoms with Crippen molar-refractivity contribution in [1.82, 2.24) is 0 Å². The quantitative estimate of drug-likeness (QED) is 0.176. The highest BCUT2D eigenvalue weighted by Crippen LogP contribution is 2.43. The van der Waals surface area contributed by atoms with Gasteiger partial charge in [0.1, 0.15) is 0 Å². The number of hydrogen-bond donors (Lipinski definition) is 0. The third-order valence-electron chi connectivity index (χ3n) is 10.2. The number of fused-ring (bicyclic) bond motifs is 10. The summed E-state index contributed by atoms with van der Waals surface area (Å²) < 4.78 is 0. The highest BCUT2D eigenvalue weighted by Gasteiger charge is 2.15. The second kappa shape index (κ2) is 10.7. The van der Waals surface area contributed by atoms with Crippen LogP contribution in [0, 0.1) is 0 Å². The molecule has 0 saturated carbocycles. The van der Waals surface area contributed by atoms with Crippen LogP contribution in [0.1, 0.15) is 0 Å². The van der Waals surface area contributed by atoms with Gasteiger partial charge in [0.05, 0.1) is 0 Å². The lowest BCUT2D eigenvalue weighted by Gasteiger charge is -2.16. The third kappa shape index (κ3) is 4.24. The molecule has 0 saturated heterocycles. The molecule has 10 aromatic carbocycles. The summed E-state index contributed by atoms with van der Waals surface area (Å²) in [5.74, 6) is 0. The SMILES string of the molecule is c1cc(-c2ccc3ccccc3c2)cc(-c2ccc3cc(-c4cc5c6ccccc6c6ccccc6c5c5ccccc45)ccc3c2)c1. The molecule has 10 rings (SSSR count). The van der Waals surface area contributed by atoms with Crippen molar-refractivity contribution in [2.45, 2.75) is 0 Å². The Morgan fingerprint density at radius 1 is 0.208 bits per heavy atom. The van der Waals surface area contributed by atoms with E-state index < -0.39 is 0 Å². The summed E-state index contributed by atoms with van der Waals surface area (Å²) in [7, 11) is 0. The zero-order valence-electron chi connectivity index (χ0n) is 26.3. The summed E-state index contributed by atoms with van der Waals surface area (Å²) in [6.07, 6.45) is 0. The molecule has 0 nitrogen and oxygen atoms in total. The molecule has 0 amide bonds. The predicted molar refractivity (Wildman–Crippen MR) is 208 cm³/mol. The van der Waals surface area contributed by atoms with Crippen molar-refractivity contribution in [3.05, 3.63) is 182 Å². The molecule has 48 heavy (non-hydrogen) atoms. The molecule has 0 unspecified atom stereocenters. The molecule has 0 aromatic heterocycles. The average molecular weight is 607 g/mol. The van der Waals surface area contributed by atoms with Crippen molar-refractivity contribution in [2.75, 3.05) is 0 Å². The molecular formula is C48H30. The molecule has 0 heterocycles. The van der Waals surface area contributed by atoms with Gasteiger partial charge in [-0.25, -0.2) is 0 Å². The molecule has 0 aliphatic heterocycles. The van der Waals surface area contributed by atoms with E-state index >= 15 is 0 Å². The fourth-order valence-electron chi connectivity index (χ4n) is 7.85. The number of benzene rings is 10. The van der Waals surface area contributed by atoms with Gasteiger partial charge in [-0.1, -0.05) is 152 Å². The van der Waals surface area contributed by atoms with E-state index in [0.29, 0.717) is 0 Å². The molecule has 0 fully saturated rings. The molecular weight excluding hydrogens is 577 g/mol. The highest BCUT2D eigenvalue weighted by molar-refractivity contribution is 6.33.